The summed E-state index contributed by atoms with van der Waals surface area (Å²) in [5.41, 5.74) is 0. The summed E-state index contributed by atoms with van der Waals surface area (Å²) in [6, 6.07) is 0.192. The number of nitrogens with one attached hydrogen (secondary N) is 2. The molecule has 0 aromatic carbocycles. The second kappa shape index (κ2) is 12.4. The van der Waals surface area contributed by atoms with Crippen LogP contribution in [0.5, 0.6) is 0 Å². The van der Waals surface area contributed by atoms with E-state index < -0.39 is 0 Å². The highest BCUT2D eigenvalue weighted by molar-refractivity contribution is 14.0. The van der Waals surface area contributed by atoms with Crippen LogP contribution < -0.4 is 10.6 Å². The van der Waals surface area contributed by atoms with E-state index in [1.807, 2.05) is 11.8 Å². The fourth-order valence-electron chi connectivity index (χ4n) is 3.59. The quantitative estimate of drug-likeness (QED) is 0.336. The number of amides is 2. The van der Waals surface area contributed by atoms with E-state index in [0.29, 0.717) is 24.8 Å². The summed E-state index contributed by atoms with van der Waals surface area (Å²) in [5.74, 6) is 1.56. The number of halogens is 1. The fraction of sp³-hybridized carbons (Fsp3) is 0.842. The molecule has 1 saturated carbocycles. The minimum absolute atomic E-state index is 0. The lowest BCUT2D eigenvalue weighted by atomic mass is 9.89. The molecule has 2 rings (SSSR count). The first-order chi connectivity index (χ1) is 12.5. The summed E-state index contributed by atoms with van der Waals surface area (Å²) in [5, 5.41) is 6.87. The first kappa shape index (κ1) is 24.0. The molecule has 1 saturated heterocycles. The van der Waals surface area contributed by atoms with Crippen molar-refractivity contribution in [1.29, 1.82) is 0 Å². The zero-order chi connectivity index (χ0) is 18.9. The molecule has 1 heterocycles. The Morgan fingerprint density at radius 3 is 2.48 bits per heavy atom. The average Bonchev–Trinajstić information content (AvgIpc) is 3.12. The predicted octanol–water partition coefficient (Wildman–Crippen LogP) is 1.82. The van der Waals surface area contributed by atoms with Gasteiger partial charge in [0, 0.05) is 46.2 Å². The highest BCUT2D eigenvalue weighted by Crippen LogP contribution is 2.22. The summed E-state index contributed by atoms with van der Waals surface area (Å²) >= 11 is 0. The van der Waals surface area contributed by atoms with E-state index in [0.717, 1.165) is 19.5 Å². The van der Waals surface area contributed by atoms with Gasteiger partial charge in [-0.1, -0.05) is 26.2 Å². The van der Waals surface area contributed by atoms with Gasteiger partial charge in [-0.3, -0.25) is 9.59 Å². The van der Waals surface area contributed by atoms with Crippen LogP contribution in [0.3, 0.4) is 0 Å². The van der Waals surface area contributed by atoms with Gasteiger partial charge in [-0.25, -0.2) is 4.99 Å². The van der Waals surface area contributed by atoms with E-state index in [1.165, 1.54) is 32.1 Å². The second-order valence-corrected chi connectivity index (χ2v) is 7.66. The summed E-state index contributed by atoms with van der Waals surface area (Å²) in [6.07, 6.45) is 7.95. The number of carbonyl (C=O) groups excluding carboxylic acids is 2. The standard InChI is InChI=1S/C19H35N5O2.HI/c1-4-17(25)24-11-10-16(14-24)22-19(21-13-18(26)23(2)3)20-12-15-8-6-5-7-9-15;/h15-16H,4-14H2,1-3H3,(H2,20,21,22);1H. The van der Waals surface area contributed by atoms with Gasteiger partial charge in [-0.15, -0.1) is 24.0 Å². The molecule has 1 aliphatic heterocycles. The SMILES string of the molecule is CCC(=O)N1CCC(NC(=NCC(=O)N(C)C)NCC2CCCCC2)C1.I. The van der Waals surface area contributed by atoms with Crippen LogP contribution in [-0.2, 0) is 9.59 Å². The van der Waals surface area contributed by atoms with Crippen LogP contribution in [0.2, 0.25) is 0 Å². The lowest BCUT2D eigenvalue weighted by Gasteiger charge is -2.24. The molecule has 8 heteroatoms. The molecule has 0 aromatic rings. The van der Waals surface area contributed by atoms with Crippen molar-refractivity contribution in [3.8, 4) is 0 Å². The average molecular weight is 493 g/mol. The molecule has 2 N–H and O–H groups in total. The van der Waals surface area contributed by atoms with Crippen molar-refractivity contribution in [2.75, 3.05) is 40.3 Å². The van der Waals surface area contributed by atoms with Gasteiger partial charge in [0.15, 0.2) is 5.96 Å². The zero-order valence-electron chi connectivity index (χ0n) is 17.0. The normalized spacial score (nSPS) is 20.8. The fourth-order valence-corrected chi connectivity index (χ4v) is 3.59. The molecule has 156 valence electrons. The topological polar surface area (TPSA) is 77.0 Å². The van der Waals surface area contributed by atoms with Crippen LogP contribution >= 0.6 is 24.0 Å². The van der Waals surface area contributed by atoms with Gasteiger partial charge < -0.3 is 20.4 Å². The molecule has 1 unspecified atom stereocenters. The number of rotatable bonds is 6. The third-order valence-corrected chi connectivity index (χ3v) is 5.34. The number of carbonyl (C=O) groups is 2. The van der Waals surface area contributed by atoms with Crippen molar-refractivity contribution < 1.29 is 9.59 Å². The van der Waals surface area contributed by atoms with Gasteiger partial charge >= 0.3 is 0 Å². The maximum absolute atomic E-state index is 11.9. The van der Waals surface area contributed by atoms with Gasteiger partial charge in [0.1, 0.15) is 6.54 Å². The van der Waals surface area contributed by atoms with E-state index in [9.17, 15) is 9.59 Å². The van der Waals surface area contributed by atoms with Crippen molar-refractivity contribution in [1.82, 2.24) is 20.4 Å². The number of hydrogen-bond donors (Lipinski definition) is 2. The lowest BCUT2D eigenvalue weighted by molar-refractivity contribution is -0.130. The maximum Gasteiger partial charge on any atom is 0.243 e. The van der Waals surface area contributed by atoms with Crippen LogP contribution in [0.1, 0.15) is 51.9 Å². The number of likely N-dealkylation sites (N-methyl/N-ethyl adjacent to an activating group) is 1. The third kappa shape index (κ3) is 8.23. The molecule has 1 atom stereocenters. The molecule has 0 aromatic heterocycles. The van der Waals surface area contributed by atoms with E-state index in [-0.39, 0.29) is 48.4 Å². The first-order valence-corrected chi connectivity index (χ1v) is 10.0. The first-order valence-electron chi connectivity index (χ1n) is 10.0. The Kier molecular flexibility index (Phi) is 11.0. The molecule has 2 fully saturated rings. The van der Waals surface area contributed by atoms with Crippen LogP contribution in [0, 0.1) is 5.92 Å². The summed E-state index contributed by atoms with van der Waals surface area (Å²) in [4.78, 5) is 31.7. The van der Waals surface area contributed by atoms with Crippen molar-refractivity contribution in [2.45, 2.75) is 57.9 Å². The molecule has 27 heavy (non-hydrogen) atoms. The number of hydrogen-bond acceptors (Lipinski definition) is 3. The molecular formula is C19H36IN5O2. The van der Waals surface area contributed by atoms with Crippen LogP contribution in [-0.4, -0.2) is 73.9 Å². The smallest absolute Gasteiger partial charge is 0.243 e. The molecule has 7 nitrogen and oxygen atoms in total. The van der Waals surface area contributed by atoms with Crippen LogP contribution in [0.4, 0.5) is 0 Å². The number of aliphatic imine (C=N–C) groups is 1. The highest BCUT2D eigenvalue weighted by Gasteiger charge is 2.26. The molecule has 1 aliphatic carbocycles. The van der Waals surface area contributed by atoms with Crippen molar-refractivity contribution in [3.05, 3.63) is 0 Å². The predicted molar refractivity (Wildman–Crippen MR) is 119 cm³/mol. The Morgan fingerprint density at radius 1 is 1.15 bits per heavy atom. The number of nitrogens with zero attached hydrogens (tertiary/aromatic N) is 3. The monoisotopic (exact) mass is 493 g/mol. The van der Waals surface area contributed by atoms with Gasteiger partial charge in [-0.05, 0) is 25.2 Å². The Morgan fingerprint density at radius 2 is 1.85 bits per heavy atom. The van der Waals surface area contributed by atoms with Crippen molar-refractivity contribution in [2.24, 2.45) is 10.9 Å². The largest absolute Gasteiger partial charge is 0.356 e. The van der Waals surface area contributed by atoms with Gasteiger partial charge in [0.05, 0.1) is 0 Å². The molecule has 0 spiro atoms. The zero-order valence-corrected chi connectivity index (χ0v) is 19.3. The molecule has 2 aliphatic rings. The minimum Gasteiger partial charge on any atom is -0.356 e. The molecule has 0 radical (unpaired) electrons. The molecule has 2 amide bonds. The Hall–Kier alpha value is -1.06. The minimum atomic E-state index is -0.0158. The van der Waals surface area contributed by atoms with Crippen molar-refractivity contribution in [3.63, 3.8) is 0 Å². The summed E-state index contributed by atoms with van der Waals surface area (Å²) in [6.45, 7) is 4.42. The molecular weight excluding hydrogens is 457 g/mol. The van der Waals surface area contributed by atoms with Gasteiger partial charge in [-0.2, -0.15) is 0 Å². The van der Waals surface area contributed by atoms with Crippen LogP contribution in [0.15, 0.2) is 4.99 Å². The Labute approximate surface area is 180 Å². The van der Waals surface area contributed by atoms with Gasteiger partial charge in [0.25, 0.3) is 0 Å². The summed E-state index contributed by atoms with van der Waals surface area (Å²) < 4.78 is 0. The summed E-state index contributed by atoms with van der Waals surface area (Å²) in [7, 11) is 3.48. The number of likely N-dealkylation sites (tertiary alicyclic amines) is 1. The van der Waals surface area contributed by atoms with Crippen LogP contribution in [0.25, 0.3) is 0 Å². The van der Waals surface area contributed by atoms with E-state index in [1.54, 1.807) is 19.0 Å². The number of guanidine groups is 1. The molecule has 0 bridgehead atoms. The van der Waals surface area contributed by atoms with E-state index in [2.05, 4.69) is 15.6 Å². The maximum atomic E-state index is 11.9. The second-order valence-electron chi connectivity index (χ2n) is 7.66. The van der Waals surface area contributed by atoms with Gasteiger partial charge in [0.2, 0.25) is 11.8 Å². The Bertz CT molecular complexity index is 506. The third-order valence-electron chi connectivity index (χ3n) is 5.34. The lowest BCUT2D eigenvalue weighted by Crippen LogP contribution is -2.47. The van der Waals surface area contributed by atoms with Crippen molar-refractivity contribution >= 4 is 41.8 Å². The van der Waals surface area contributed by atoms with E-state index >= 15 is 0 Å². The Balaban J connectivity index is 0.00000364. The van der Waals surface area contributed by atoms with E-state index in [4.69, 9.17) is 0 Å². The highest BCUT2D eigenvalue weighted by atomic mass is 127.